The first kappa shape index (κ1) is 19.9. The lowest BCUT2D eigenvalue weighted by molar-refractivity contribution is -0.137. The number of para-hydroxylation sites is 2. The normalized spacial score (nSPS) is 16.1. The number of benzene rings is 2. The highest BCUT2D eigenvalue weighted by atomic mass is 16.4. The third-order valence-electron chi connectivity index (χ3n) is 5.49. The molecule has 0 aliphatic carbocycles. The number of oxazole rings is 1. The fraction of sp³-hybridized carbons (Fsp3) is 0.348. The lowest BCUT2D eigenvalue weighted by Gasteiger charge is -2.21. The standard InChI is InChI=1S/C23H25N3O4/c27-22(28)14-16-11-13-26(15-17-6-1-2-7-18(16)17)23(29)24-12-5-10-21-25-19-8-3-4-9-20(19)30-21/h1-4,6-9,16H,5,10-15H2,(H,24,29)(H,27,28). The van der Waals surface area contributed by atoms with Gasteiger partial charge in [-0.3, -0.25) is 4.79 Å². The Hall–Kier alpha value is -3.35. The highest BCUT2D eigenvalue weighted by molar-refractivity contribution is 5.74. The molecule has 0 radical (unpaired) electrons. The van der Waals surface area contributed by atoms with Crippen LogP contribution in [0.1, 0.15) is 42.2 Å². The van der Waals surface area contributed by atoms with Crippen LogP contribution in [0.25, 0.3) is 11.1 Å². The van der Waals surface area contributed by atoms with Crippen molar-refractivity contribution in [3.63, 3.8) is 0 Å². The van der Waals surface area contributed by atoms with Crippen molar-refractivity contribution in [1.29, 1.82) is 0 Å². The molecule has 30 heavy (non-hydrogen) atoms. The van der Waals surface area contributed by atoms with Crippen molar-refractivity contribution in [2.24, 2.45) is 0 Å². The first-order valence-electron chi connectivity index (χ1n) is 10.3. The van der Waals surface area contributed by atoms with Gasteiger partial charge in [-0.15, -0.1) is 0 Å². The van der Waals surface area contributed by atoms with Gasteiger partial charge in [-0.05, 0) is 42.0 Å². The molecule has 1 unspecified atom stereocenters. The largest absolute Gasteiger partial charge is 0.481 e. The first-order chi connectivity index (χ1) is 14.6. The van der Waals surface area contributed by atoms with E-state index < -0.39 is 5.97 Å². The summed E-state index contributed by atoms with van der Waals surface area (Å²) < 4.78 is 5.71. The molecule has 4 rings (SSSR count). The monoisotopic (exact) mass is 407 g/mol. The lowest BCUT2D eigenvalue weighted by atomic mass is 9.90. The Balaban J connectivity index is 1.31. The molecular weight excluding hydrogens is 382 g/mol. The summed E-state index contributed by atoms with van der Waals surface area (Å²) >= 11 is 0. The van der Waals surface area contributed by atoms with Gasteiger partial charge >= 0.3 is 12.0 Å². The van der Waals surface area contributed by atoms with Crippen LogP contribution in [0.4, 0.5) is 4.79 Å². The third-order valence-corrected chi connectivity index (χ3v) is 5.49. The van der Waals surface area contributed by atoms with E-state index in [4.69, 9.17) is 4.42 Å². The van der Waals surface area contributed by atoms with Crippen molar-refractivity contribution in [1.82, 2.24) is 15.2 Å². The number of aryl methyl sites for hydroxylation is 1. The van der Waals surface area contributed by atoms with Gasteiger partial charge in [-0.1, -0.05) is 36.4 Å². The summed E-state index contributed by atoms with van der Waals surface area (Å²) in [4.78, 5) is 30.2. The van der Waals surface area contributed by atoms with Crippen LogP contribution in [-0.2, 0) is 17.8 Å². The van der Waals surface area contributed by atoms with Crippen molar-refractivity contribution in [3.8, 4) is 0 Å². The van der Waals surface area contributed by atoms with Gasteiger partial charge in [-0.2, -0.15) is 0 Å². The average molecular weight is 407 g/mol. The number of urea groups is 1. The zero-order valence-corrected chi connectivity index (χ0v) is 16.7. The van der Waals surface area contributed by atoms with Crippen molar-refractivity contribution >= 4 is 23.1 Å². The highest BCUT2D eigenvalue weighted by Crippen LogP contribution is 2.31. The summed E-state index contributed by atoms with van der Waals surface area (Å²) in [5, 5.41) is 12.2. The van der Waals surface area contributed by atoms with E-state index in [0.29, 0.717) is 38.4 Å². The quantitative estimate of drug-likeness (QED) is 0.604. The number of nitrogens with one attached hydrogen (secondary N) is 1. The molecule has 1 aliphatic rings. The Labute approximate surface area is 174 Å². The van der Waals surface area contributed by atoms with E-state index in [2.05, 4.69) is 10.3 Å². The summed E-state index contributed by atoms with van der Waals surface area (Å²) in [6, 6.07) is 15.3. The number of carboxylic acid groups (broad SMARTS) is 1. The van der Waals surface area contributed by atoms with Gasteiger partial charge in [0, 0.05) is 26.1 Å². The predicted octanol–water partition coefficient (Wildman–Crippen LogP) is 3.93. The summed E-state index contributed by atoms with van der Waals surface area (Å²) in [6.45, 7) is 1.54. The van der Waals surface area contributed by atoms with Crippen molar-refractivity contribution in [2.75, 3.05) is 13.1 Å². The number of amides is 2. The zero-order chi connectivity index (χ0) is 20.9. The Morgan fingerprint density at radius 2 is 1.97 bits per heavy atom. The highest BCUT2D eigenvalue weighted by Gasteiger charge is 2.26. The van der Waals surface area contributed by atoms with Crippen molar-refractivity contribution in [3.05, 3.63) is 65.5 Å². The molecular formula is C23H25N3O4. The van der Waals surface area contributed by atoms with Gasteiger partial charge < -0.3 is 19.7 Å². The van der Waals surface area contributed by atoms with Gasteiger partial charge in [0.25, 0.3) is 0 Å². The van der Waals surface area contributed by atoms with Crippen LogP contribution in [0.5, 0.6) is 0 Å². The second-order valence-electron chi connectivity index (χ2n) is 7.61. The molecule has 0 saturated heterocycles. The first-order valence-corrected chi connectivity index (χ1v) is 10.3. The lowest BCUT2D eigenvalue weighted by Crippen LogP contribution is -2.40. The van der Waals surface area contributed by atoms with Crippen LogP contribution in [0.2, 0.25) is 0 Å². The zero-order valence-electron chi connectivity index (χ0n) is 16.7. The van der Waals surface area contributed by atoms with E-state index in [0.717, 1.165) is 28.6 Å². The number of hydrogen-bond donors (Lipinski definition) is 2. The molecule has 7 nitrogen and oxygen atoms in total. The molecule has 3 aromatic rings. The minimum Gasteiger partial charge on any atom is -0.481 e. The fourth-order valence-electron chi connectivity index (χ4n) is 4.00. The Kier molecular flexibility index (Phi) is 5.97. The molecule has 0 saturated carbocycles. The SMILES string of the molecule is O=C(O)CC1CCN(C(=O)NCCCc2nc3ccccc3o2)Cc2ccccc21. The molecule has 156 valence electrons. The van der Waals surface area contributed by atoms with Crippen LogP contribution in [0, 0.1) is 0 Å². The molecule has 0 bridgehead atoms. The summed E-state index contributed by atoms with van der Waals surface area (Å²) in [7, 11) is 0. The number of aliphatic carboxylic acids is 1. The molecule has 1 aliphatic heterocycles. The smallest absolute Gasteiger partial charge is 0.317 e. The molecule has 2 amide bonds. The van der Waals surface area contributed by atoms with Crippen molar-refractivity contribution in [2.45, 2.75) is 38.1 Å². The van der Waals surface area contributed by atoms with Gasteiger partial charge in [0.15, 0.2) is 11.5 Å². The topological polar surface area (TPSA) is 95.7 Å². The van der Waals surface area contributed by atoms with Crippen LogP contribution in [0.15, 0.2) is 52.9 Å². The summed E-state index contributed by atoms with van der Waals surface area (Å²) in [5.41, 5.74) is 3.67. The van der Waals surface area contributed by atoms with Crippen molar-refractivity contribution < 1.29 is 19.1 Å². The van der Waals surface area contributed by atoms with Crippen LogP contribution in [-0.4, -0.2) is 40.1 Å². The molecule has 0 spiro atoms. The number of carbonyl (C=O) groups is 2. The second kappa shape index (κ2) is 8.98. The molecule has 1 atom stereocenters. The minimum atomic E-state index is -0.813. The number of carbonyl (C=O) groups excluding carboxylic acids is 1. The number of carboxylic acids is 1. The van der Waals surface area contributed by atoms with E-state index in [1.807, 2.05) is 48.5 Å². The molecule has 2 N–H and O–H groups in total. The van der Waals surface area contributed by atoms with Gasteiger partial charge in [0.2, 0.25) is 0 Å². The maximum atomic E-state index is 12.7. The van der Waals surface area contributed by atoms with Crippen LogP contribution in [0.3, 0.4) is 0 Å². The molecule has 0 fully saturated rings. The number of aromatic nitrogens is 1. The Morgan fingerprint density at radius 3 is 2.80 bits per heavy atom. The molecule has 2 aromatic carbocycles. The van der Waals surface area contributed by atoms with E-state index in [-0.39, 0.29) is 18.4 Å². The van der Waals surface area contributed by atoms with Gasteiger partial charge in [0.05, 0.1) is 6.42 Å². The van der Waals surface area contributed by atoms with Crippen LogP contribution >= 0.6 is 0 Å². The summed E-state index contributed by atoms with van der Waals surface area (Å²) in [6.07, 6.45) is 2.10. The number of nitrogens with zero attached hydrogens (tertiary/aromatic N) is 2. The third kappa shape index (κ3) is 4.62. The van der Waals surface area contributed by atoms with E-state index in [1.165, 1.54) is 0 Å². The summed E-state index contributed by atoms with van der Waals surface area (Å²) in [5.74, 6) is -0.215. The van der Waals surface area contributed by atoms with Gasteiger partial charge in [0.1, 0.15) is 5.52 Å². The molecule has 2 heterocycles. The van der Waals surface area contributed by atoms with E-state index in [1.54, 1.807) is 4.90 Å². The van der Waals surface area contributed by atoms with E-state index >= 15 is 0 Å². The Bertz CT molecular complexity index is 1010. The minimum absolute atomic E-state index is 0.0735. The van der Waals surface area contributed by atoms with Crippen LogP contribution < -0.4 is 5.32 Å². The molecule has 1 aromatic heterocycles. The maximum absolute atomic E-state index is 12.7. The van der Waals surface area contributed by atoms with Gasteiger partial charge in [-0.25, -0.2) is 9.78 Å². The number of rotatable bonds is 6. The number of hydrogen-bond acceptors (Lipinski definition) is 4. The maximum Gasteiger partial charge on any atom is 0.317 e. The second-order valence-corrected chi connectivity index (χ2v) is 7.61. The Morgan fingerprint density at radius 1 is 1.17 bits per heavy atom. The fourth-order valence-corrected chi connectivity index (χ4v) is 4.00. The number of fused-ring (bicyclic) bond motifs is 2. The predicted molar refractivity (Wildman–Crippen MR) is 112 cm³/mol. The van der Waals surface area contributed by atoms with E-state index in [9.17, 15) is 14.7 Å². The molecule has 7 heteroatoms. The average Bonchev–Trinajstić information content (AvgIpc) is 3.07.